The second-order valence-electron chi connectivity index (χ2n) is 8.59. The van der Waals surface area contributed by atoms with Crippen LogP contribution in [-0.2, 0) is 20.6 Å². The van der Waals surface area contributed by atoms with Gasteiger partial charge in [-0.2, -0.15) is 0 Å². The highest BCUT2D eigenvalue weighted by Crippen LogP contribution is 2.25. The molecular weight excluding hydrogens is 402 g/mol. The van der Waals surface area contributed by atoms with Crippen LogP contribution in [-0.4, -0.2) is 43.1 Å². The van der Waals surface area contributed by atoms with Crippen LogP contribution in [0.4, 0.5) is 15.3 Å². The predicted octanol–water partition coefficient (Wildman–Crippen LogP) is 3.78. The third-order valence-electron chi connectivity index (χ3n) is 4.03. The molecule has 3 aromatic rings. The molecule has 10 heteroatoms. The standard InChI is InChI=1S/C21H25N5O5/c1-20(2,3)30-18(27)29-19(28)31-21(4,5)11-13-10-14(22)12-26-16(13)24-25-17(26)15-8-6-7-9-23-15/h6-10,12H,11,22H2,1-5H3. The molecule has 0 aliphatic heterocycles. The normalized spacial score (nSPS) is 11.9. The van der Waals surface area contributed by atoms with E-state index < -0.39 is 23.5 Å². The van der Waals surface area contributed by atoms with E-state index in [2.05, 4.69) is 19.9 Å². The lowest BCUT2D eigenvalue weighted by molar-refractivity contribution is -0.0339. The van der Waals surface area contributed by atoms with Gasteiger partial charge in [0, 0.05) is 30.1 Å². The fraction of sp³-hybridized carbons (Fsp3) is 0.381. The Morgan fingerprint density at radius 2 is 1.77 bits per heavy atom. The summed E-state index contributed by atoms with van der Waals surface area (Å²) in [4.78, 5) is 28.0. The number of aromatic nitrogens is 4. The molecule has 0 bridgehead atoms. The number of nitrogens with zero attached hydrogens (tertiary/aromatic N) is 4. The molecule has 0 saturated heterocycles. The highest BCUT2D eigenvalue weighted by molar-refractivity contribution is 5.77. The molecular formula is C21H25N5O5. The Kier molecular flexibility index (Phi) is 5.83. The molecule has 0 saturated carbocycles. The zero-order valence-corrected chi connectivity index (χ0v) is 18.1. The van der Waals surface area contributed by atoms with Gasteiger partial charge in [0.15, 0.2) is 11.5 Å². The lowest BCUT2D eigenvalue weighted by atomic mass is 9.99. The van der Waals surface area contributed by atoms with Crippen LogP contribution in [0.15, 0.2) is 36.7 Å². The first-order valence-electron chi connectivity index (χ1n) is 9.62. The molecule has 0 aromatic carbocycles. The maximum Gasteiger partial charge on any atom is 0.519 e. The minimum absolute atomic E-state index is 0.241. The Morgan fingerprint density at radius 3 is 2.42 bits per heavy atom. The van der Waals surface area contributed by atoms with Gasteiger partial charge in [0.2, 0.25) is 0 Å². The summed E-state index contributed by atoms with van der Waals surface area (Å²) in [6.07, 6.45) is 1.32. The second kappa shape index (κ2) is 8.21. The third kappa shape index (κ3) is 5.68. The highest BCUT2D eigenvalue weighted by Gasteiger charge is 2.29. The number of fused-ring (bicyclic) bond motifs is 1. The SMILES string of the molecule is CC(C)(C)OC(=O)OC(=O)OC(C)(C)Cc1cc(N)cn2c(-c3ccccn3)nnc12. The summed E-state index contributed by atoms with van der Waals surface area (Å²) in [5.41, 5.74) is 6.62. The molecule has 0 unspecified atom stereocenters. The Hall–Kier alpha value is -3.69. The Morgan fingerprint density at radius 1 is 1.06 bits per heavy atom. The van der Waals surface area contributed by atoms with Gasteiger partial charge in [-0.15, -0.1) is 10.2 Å². The maximum absolute atomic E-state index is 12.1. The summed E-state index contributed by atoms with van der Waals surface area (Å²) in [5.74, 6) is 0.534. The van der Waals surface area contributed by atoms with Crippen LogP contribution in [0.5, 0.6) is 0 Å². The number of carbonyl (C=O) groups is 2. The van der Waals surface area contributed by atoms with E-state index in [0.29, 0.717) is 28.4 Å². The first-order chi connectivity index (χ1) is 14.4. The van der Waals surface area contributed by atoms with Crippen LogP contribution in [0.2, 0.25) is 0 Å². The smallest absolute Gasteiger partial charge is 0.428 e. The average Bonchev–Trinajstić information content (AvgIpc) is 3.03. The number of nitrogen functional groups attached to an aromatic ring is 1. The first-order valence-corrected chi connectivity index (χ1v) is 9.62. The molecule has 0 amide bonds. The molecule has 31 heavy (non-hydrogen) atoms. The van der Waals surface area contributed by atoms with E-state index in [4.69, 9.17) is 15.2 Å². The molecule has 0 aliphatic rings. The number of hydrogen-bond acceptors (Lipinski definition) is 9. The van der Waals surface area contributed by atoms with Gasteiger partial charge in [0.05, 0.1) is 0 Å². The number of nitrogens with two attached hydrogens (primary N) is 1. The highest BCUT2D eigenvalue weighted by atomic mass is 16.8. The first kappa shape index (κ1) is 22.0. The second-order valence-corrected chi connectivity index (χ2v) is 8.59. The molecule has 3 aromatic heterocycles. The number of anilines is 1. The molecule has 10 nitrogen and oxygen atoms in total. The number of carbonyl (C=O) groups excluding carboxylic acids is 2. The van der Waals surface area contributed by atoms with Crippen LogP contribution in [0, 0.1) is 0 Å². The number of pyridine rings is 2. The summed E-state index contributed by atoms with van der Waals surface area (Å²) in [7, 11) is 0. The van der Waals surface area contributed by atoms with Crippen LogP contribution in [0.1, 0.15) is 40.2 Å². The van der Waals surface area contributed by atoms with Gasteiger partial charge in [-0.25, -0.2) is 9.59 Å². The van der Waals surface area contributed by atoms with Crippen molar-refractivity contribution in [2.24, 2.45) is 0 Å². The zero-order chi connectivity index (χ0) is 22.8. The molecule has 0 fully saturated rings. The lowest BCUT2D eigenvalue weighted by Crippen LogP contribution is -2.33. The van der Waals surface area contributed by atoms with Crippen LogP contribution in [0.25, 0.3) is 17.2 Å². The lowest BCUT2D eigenvalue weighted by Gasteiger charge is -2.25. The molecule has 0 radical (unpaired) electrons. The summed E-state index contributed by atoms with van der Waals surface area (Å²) in [5, 5.41) is 8.49. The topological polar surface area (TPSA) is 131 Å². The molecule has 0 atom stereocenters. The van der Waals surface area contributed by atoms with Gasteiger partial charge < -0.3 is 19.9 Å². The van der Waals surface area contributed by atoms with Gasteiger partial charge in [-0.1, -0.05) is 6.07 Å². The van der Waals surface area contributed by atoms with Crippen molar-refractivity contribution < 1.29 is 23.8 Å². The van der Waals surface area contributed by atoms with Crippen LogP contribution in [0.3, 0.4) is 0 Å². The molecule has 0 aliphatic carbocycles. The summed E-state index contributed by atoms with van der Waals surface area (Å²) >= 11 is 0. The van der Waals surface area contributed by atoms with Crippen molar-refractivity contribution in [1.29, 1.82) is 0 Å². The van der Waals surface area contributed by atoms with Gasteiger partial charge in [-0.05, 0) is 52.8 Å². The van der Waals surface area contributed by atoms with Crippen molar-refractivity contribution in [3.8, 4) is 11.5 Å². The number of ether oxygens (including phenoxy) is 3. The van der Waals surface area contributed by atoms with E-state index in [9.17, 15) is 9.59 Å². The van der Waals surface area contributed by atoms with Crippen molar-refractivity contribution in [1.82, 2.24) is 19.6 Å². The van der Waals surface area contributed by atoms with Gasteiger partial charge in [0.1, 0.15) is 16.9 Å². The van der Waals surface area contributed by atoms with Gasteiger partial charge >= 0.3 is 12.3 Å². The van der Waals surface area contributed by atoms with Gasteiger partial charge in [-0.3, -0.25) is 9.38 Å². The van der Waals surface area contributed by atoms with E-state index >= 15 is 0 Å². The van der Waals surface area contributed by atoms with Crippen LogP contribution >= 0.6 is 0 Å². The Balaban J connectivity index is 1.80. The van der Waals surface area contributed by atoms with Crippen molar-refractivity contribution >= 4 is 23.6 Å². The molecule has 3 heterocycles. The van der Waals surface area contributed by atoms with Crippen molar-refractivity contribution in [3.63, 3.8) is 0 Å². The van der Waals surface area contributed by atoms with E-state index in [-0.39, 0.29) is 6.42 Å². The number of rotatable bonds is 4. The summed E-state index contributed by atoms with van der Waals surface area (Å²) in [6.45, 7) is 8.34. The largest absolute Gasteiger partial charge is 0.519 e. The van der Waals surface area contributed by atoms with Gasteiger partial charge in [0.25, 0.3) is 0 Å². The Labute approximate surface area is 179 Å². The van der Waals surface area contributed by atoms with Crippen molar-refractivity contribution in [3.05, 3.63) is 42.2 Å². The van der Waals surface area contributed by atoms with E-state index in [0.717, 1.165) is 0 Å². The zero-order valence-electron chi connectivity index (χ0n) is 18.1. The van der Waals surface area contributed by atoms with Crippen LogP contribution < -0.4 is 5.73 Å². The van der Waals surface area contributed by atoms with E-state index in [1.54, 1.807) is 57.5 Å². The molecule has 2 N–H and O–H groups in total. The summed E-state index contributed by atoms with van der Waals surface area (Å²) in [6, 6.07) is 7.21. The predicted molar refractivity (Wildman–Crippen MR) is 112 cm³/mol. The summed E-state index contributed by atoms with van der Waals surface area (Å²) < 4.78 is 16.6. The van der Waals surface area contributed by atoms with E-state index in [1.165, 1.54) is 0 Å². The van der Waals surface area contributed by atoms with Crippen molar-refractivity contribution in [2.45, 2.75) is 52.2 Å². The molecule has 3 rings (SSSR count). The number of hydrogen-bond donors (Lipinski definition) is 1. The quantitative estimate of drug-likeness (QED) is 0.488. The average molecular weight is 427 g/mol. The molecule has 0 spiro atoms. The van der Waals surface area contributed by atoms with E-state index in [1.807, 2.05) is 18.2 Å². The fourth-order valence-corrected chi connectivity index (χ4v) is 2.96. The minimum atomic E-state index is -1.16. The maximum atomic E-state index is 12.1. The minimum Gasteiger partial charge on any atom is -0.428 e. The Bertz CT molecular complexity index is 1100. The fourth-order valence-electron chi connectivity index (χ4n) is 2.96. The third-order valence-corrected chi connectivity index (χ3v) is 4.03. The monoisotopic (exact) mass is 427 g/mol. The van der Waals surface area contributed by atoms with Crippen molar-refractivity contribution in [2.75, 3.05) is 5.73 Å². The molecule has 164 valence electrons.